The van der Waals surface area contributed by atoms with E-state index in [4.69, 9.17) is 0 Å². The Morgan fingerprint density at radius 3 is 2.53 bits per heavy atom. The van der Waals surface area contributed by atoms with E-state index in [0.717, 1.165) is 23.5 Å². The lowest BCUT2D eigenvalue weighted by molar-refractivity contribution is -0.132. The van der Waals surface area contributed by atoms with E-state index in [2.05, 4.69) is 10.0 Å². The Bertz CT molecular complexity index is 1000. The second-order valence-electron chi connectivity index (χ2n) is 6.84. The summed E-state index contributed by atoms with van der Waals surface area (Å²) in [5, 5.41) is 4.14. The smallest absolute Gasteiger partial charge is 0.254 e. The molecular weight excluding hydrogens is 436 g/mol. The summed E-state index contributed by atoms with van der Waals surface area (Å²) in [6, 6.07) is 5.62. The van der Waals surface area contributed by atoms with Crippen molar-refractivity contribution in [2.24, 2.45) is 0 Å². The van der Waals surface area contributed by atoms with Crippen molar-refractivity contribution in [2.75, 3.05) is 19.6 Å². The molecule has 0 bridgehead atoms. The number of hydrogen-bond donors (Lipinski definition) is 2. The van der Waals surface area contributed by atoms with Crippen LogP contribution in [0, 0.1) is 11.6 Å². The third-order valence-corrected chi connectivity index (χ3v) is 7.65. The standard InChI is InChI=1S/C19H21F2N3O4S2/c20-13-3-4-15(16(21)12-13)19(26)22-8-5-17(25)24-9-6-14(7-10-24)23-30(27,28)18-2-1-11-29-18/h1-4,11-12,14,23H,5-10H2,(H,22,26). The zero-order valence-corrected chi connectivity index (χ0v) is 17.6. The van der Waals surface area contributed by atoms with Crippen molar-refractivity contribution in [1.82, 2.24) is 14.9 Å². The van der Waals surface area contributed by atoms with Gasteiger partial charge in [0.25, 0.3) is 5.91 Å². The van der Waals surface area contributed by atoms with Crippen LogP contribution in [0.25, 0.3) is 0 Å². The third-order valence-electron chi connectivity index (χ3n) is 4.73. The maximum absolute atomic E-state index is 13.6. The summed E-state index contributed by atoms with van der Waals surface area (Å²) in [5.74, 6) is -2.65. The number of nitrogens with zero attached hydrogens (tertiary/aromatic N) is 1. The number of nitrogens with one attached hydrogen (secondary N) is 2. The fraction of sp³-hybridized carbons (Fsp3) is 0.368. The number of carbonyl (C=O) groups excluding carboxylic acids is 2. The lowest BCUT2D eigenvalue weighted by Gasteiger charge is -2.32. The third kappa shape index (κ3) is 5.61. The van der Waals surface area contributed by atoms with Crippen LogP contribution >= 0.6 is 11.3 Å². The predicted molar refractivity (Wildman–Crippen MR) is 108 cm³/mol. The molecule has 162 valence electrons. The molecule has 2 N–H and O–H groups in total. The van der Waals surface area contributed by atoms with Crippen molar-refractivity contribution >= 4 is 33.2 Å². The first kappa shape index (κ1) is 22.3. The molecule has 0 aliphatic carbocycles. The molecule has 2 heterocycles. The van der Waals surface area contributed by atoms with Gasteiger partial charge in [0.15, 0.2) is 0 Å². The van der Waals surface area contributed by atoms with Gasteiger partial charge in [-0.25, -0.2) is 21.9 Å². The summed E-state index contributed by atoms with van der Waals surface area (Å²) >= 11 is 1.14. The van der Waals surface area contributed by atoms with Crippen molar-refractivity contribution in [3.8, 4) is 0 Å². The van der Waals surface area contributed by atoms with Gasteiger partial charge in [-0.15, -0.1) is 11.3 Å². The first-order valence-corrected chi connectivity index (χ1v) is 11.7. The van der Waals surface area contributed by atoms with E-state index in [0.29, 0.717) is 32.0 Å². The number of halogens is 2. The Morgan fingerprint density at radius 1 is 1.17 bits per heavy atom. The SMILES string of the molecule is O=C(NCCC(=O)N1CCC(NS(=O)(=O)c2cccs2)CC1)c1ccc(F)cc1F. The highest BCUT2D eigenvalue weighted by Gasteiger charge is 2.27. The van der Waals surface area contributed by atoms with E-state index < -0.39 is 27.6 Å². The lowest BCUT2D eigenvalue weighted by atomic mass is 10.1. The number of hydrogen-bond acceptors (Lipinski definition) is 5. The Labute approximate surface area is 177 Å². The van der Waals surface area contributed by atoms with E-state index in [1.807, 2.05) is 0 Å². The summed E-state index contributed by atoms with van der Waals surface area (Å²) in [6.45, 7) is 0.813. The van der Waals surface area contributed by atoms with E-state index in [9.17, 15) is 26.8 Å². The Hall–Kier alpha value is -2.37. The van der Waals surface area contributed by atoms with E-state index in [1.54, 1.807) is 16.3 Å². The van der Waals surface area contributed by atoms with Crippen LogP contribution in [0.5, 0.6) is 0 Å². The molecule has 11 heteroatoms. The topological polar surface area (TPSA) is 95.6 Å². The van der Waals surface area contributed by atoms with Gasteiger partial charge in [0.2, 0.25) is 15.9 Å². The maximum Gasteiger partial charge on any atom is 0.254 e. The maximum atomic E-state index is 13.6. The van der Waals surface area contributed by atoms with Crippen molar-refractivity contribution in [1.29, 1.82) is 0 Å². The van der Waals surface area contributed by atoms with Gasteiger partial charge in [-0.1, -0.05) is 6.07 Å². The number of piperidine rings is 1. The molecule has 3 rings (SSSR count). The molecule has 7 nitrogen and oxygen atoms in total. The van der Waals surface area contributed by atoms with Crippen LogP contribution < -0.4 is 10.0 Å². The quantitative estimate of drug-likeness (QED) is 0.666. The monoisotopic (exact) mass is 457 g/mol. The van der Waals surface area contributed by atoms with Crippen LogP contribution in [0.15, 0.2) is 39.9 Å². The Balaban J connectivity index is 1.41. The van der Waals surface area contributed by atoms with Crippen molar-refractivity contribution in [3.63, 3.8) is 0 Å². The van der Waals surface area contributed by atoms with Crippen LogP contribution in [-0.2, 0) is 14.8 Å². The minimum atomic E-state index is -3.55. The molecule has 0 radical (unpaired) electrons. The fourth-order valence-corrected chi connectivity index (χ4v) is 5.47. The molecule has 2 aromatic rings. The second-order valence-corrected chi connectivity index (χ2v) is 9.73. The molecule has 30 heavy (non-hydrogen) atoms. The summed E-state index contributed by atoms with van der Waals surface area (Å²) in [6.07, 6.45) is 1.01. The molecule has 2 amide bonds. The van der Waals surface area contributed by atoms with Crippen molar-refractivity contribution in [3.05, 3.63) is 52.9 Å². The Kier molecular flexibility index (Phi) is 7.16. The number of carbonyl (C=O) groups is 2. The zero-order chi connectivity index (χ0) is 21.7. The molecular formula is C19H21F2N3O4S2. The normalized spacial score (nSPS) is 15.2. The number of thiophene rings is 1. The summed E-state index contributed by atoms with van der Waals surface area (Å²) < 4.78 is 54.0. The molecule has 1 saturated heterocycles. The number of likely N-dealkylation sites (tertiary alicyclic amines) is 1. The van der Waals surface area contributed by atoms with Crippen molar-refractivity contribution < 1.29 is 26.8 Å². The first-order chi connectivity index (χ1) is 14.3. The molecule has 0 saturated carbocycles. The van der Waals surface area contributed by atoms with Gasteiger partial charge in [0.05, 0.1) is 5.56 Å². The molecule has 0 atom stereocenters. The summed E-state index contributed by atoms with van der Waals surface area (Å²) in [5.41, 5.74) is -0.289. The lowest BCUT2D eigenvalue weighted by Crippen LogP contribution is -2.46. The summed E-state index contributed by atoms with van der Waals surface area (Å²) in [7, 11) is -3.55. The number of amides is 2. The molecule has 0 spiro atoms. The van der Waals surface area contributed by atoms with Gasteiger partial charge in [-0.2, -0.15) is 0 Å². The molecule has 1 fully saturated rings. The predicted octanol–water partition coefficient (Wildman–Crippen LogP) is 2.12. The van der Waals surface area contributed by atoms with Gasteiger partial charge >= 0.3 is 0 Å². The van der Waals surface area contributed by atoms with E-state index in [1.165, 1.54) is 6.07 Å². The minimum Gasteiger partial charge on any atom is -0.351 e. The van der Waals surface area contributed by atoms with Gasteiger partial charge < -0.3 is 10.2 Å². The molecule has 1 aromatic heterocycles. The molecule has 1 aliphatic heterocycles. The average Bonchev–Trinajstić information content (AvgIpc) is 3.24. The highest BCUT2D eigenvalue weighted by atomic mass is 32.2. The second kappa shape index (κ2) is 9.63. The number of benzene rings is 1. The van der Waals surface area contributed by atoms with Crippen LogP contribution in [0.1, 0.15) is 29.6 Å². The van der Waals surface area contributed by atoms with Gasteiger partial charge in [0, 0.05) is 38.2 Å². The molecule has 0 unspecified atom stereocenters. The number of sulfonamides is 1. The highest BCUT2D eigenvalue weighted by Crippen LogP contribution is 2.19. The van der Waals surface area contributed by atoms with Crippen LogP contribution in [0.3, 0.4) is 0 Å². The number of rotatable bonds is 7. The highest BCUT2D eigenvalue weighted by molar-refractivity contribution is 7.91. The Morgan fingerprint density at radius 2 is 1.90 bits per heavy atom. The average molecular weight is 458 g/mol. The molecule has 1 aliphatic rings. The largest absolute Gasteiger partial charge is 0.351 e. The van der Waals surface area contributed by atoms with Gasteiger partial charge in [0.1, 0.15) is 15.8 Å². The van der Waals surface area contributed by atoms with Gasteiger partial charge in [-0.3, -0.25) is 9.59 Å². The first-order valence-electron chi connectivity index (χ1n) is 9.33. The van der Waals surface area contributed by atoms with Gasteiger partial charge in [-0.05, 0) is 36.4 Å². The van der Waals surface area contributed by atoms with E-state index in [-0.39, 0.29) is 34.7 Å². The van der Waals surface area contributed by atoms with Crippen LogP contribution in [0.2, 0.25) is 0 Å². The summed E-state index contributed by atoms with van der Waals surface area (Å²) in [4.78, 5) is 25.9. The van der Waals surface area contributed by atoms with E-state index >= 15 is 0 Å². The van der Waals surface area contributed by atoms with Crippen LogP contribution in [0.4, 0.5) is 8.78 Å². The zero-order valence-electron chi connectivity index (χ0n) is 15.9. The van der Waals surface area contributed by atoms with Crippen LogP contribution in [-0.4, -0.2) is 50.8 Å². The minimum absolute atomic E-state index is 0.0133. The molecule has 1 aromatic carbocycles. The fourth-order valence-electron chi connectivity index (χ4n) is 3.15. The van der Waals surface area contributed by atoms with Crippen molar-refractivity contribution in [2.45, 2.75) is 29.5 Å².